The van der Waals surface area contributed by atoms with E-state index in [0.29, 0.717) is 16.7 Å². The van der Waals surface area contributed by atoms with E-state index in [1.165, 1.54) is 24.3 Å². The van der Waals surface area contributed by atoms with Gasteiger partial charge in [-0.05, 0) is 29.8 Å². The molecule has 0 bridgehead atoms. The number of carbonyl (C=O) groups is 3. The minimum atomic E-state index is -1.63. The summed E-state index contributed by atoms with van der Waals surface area (Å²) in [6, 6.07) is 12.6. The minimum absolute atomic E-state index is 0.0295. The molecule has 2 aromatic carbocycles. The molecule has 1 heterocycles. The molecule has 11 heteroatoms. The van der Waals surface area contributed by atoms with Gasteiger partial charge in [-0.1, -0.05) is 36.0 Å². The Bertz CT molecular complexity index is 1030. The third-order valence-corrected chi connectivity index (χ3v) is 5.16. The lowest BCUT2D eigenvalue weighted by Crippen LogP contribution is -2.29. The van der Waals surface area contributed by atoms with Crippen LogP contribution >= 0.6 is 11.8 Å². The summed E-state index contributed by atoms with van der Waals surface area (Å²) in [5.41, 5.74) is 1.59. The first-order valence-corrected chi connectivity index (χ1v) is 9.32. The lowest BCUT2D eigenvalue weighted by atomic mass is 10.1. The fourth-order valence-corrected chi connectivity index (χ4v) is 3.74. The number of ether oxygens (including phenoxy) is 2. The highest BCUT2D eigenvalue weighted by atomic mass is 32.2. The van der Waals surface area contributed by atoms with Crippen LogP contribution in [0.5, 0.6) is 0 Å². The molecule has 3 N–H and O–H groups in total. The molecule has 0 saturated carbocycles. The average Bonchev–Trinajstić information content (AvgIpc) is 3.12. The van der Waals surface area contributed by atoms with Crippen molar-refractivity contribution in [2.24, 2.45) is 0 Å². The van der Waals surface area contributed by atoms with Crippen LogP contribution in [0, 0.1) is 0 Å². The van der Waals surface area contributed by atoms with Crippen molar-refractivity contribution < 1.29 is 43.6 Å². The number of hydrogen-bond donors (Lipinski definition) is 3. The molecule has 0 aliphatic carbocycles. The van der Waals surface area contributed by atoms with Gasteiger partial charge in [0.15, 0.2) is 11.7 Å². The third-order valence-electron chi connectivity index (χ3n) is 3.95. The Morgan fingerprint density at radius 3 is 2.30 bits per heavy atom. The summed E-state index contributed by atoms with van der Waals surface area (Å²) in [7, 11) is 0. The fraction of sp³-hybridized carbons (Fsp3) is 0.158. The van der Waals surface area contributed by atoms with Crippen LogP contribution in [0.1, 0.15) is 21.2 Å². The number of oxazole rings is 1. The molecule has 0 amide bonds. The van der Waals surface area contributed by atoms with E-state index in [2.05, 4.69) is 9.72 Å². The number of carboxylic acid groups (broad SMARTS) is 3. The lowest BCUT2D eigenvalue weighted by molar-refractivity contribution is 0.00406. The minimum Gasteiger partial charge on any atom is -0.478 e. The Hall–Kier alpha value is -3.73. The van der Waals surface area contributed by atoms with E-state index in [9.17, 15) is 14.4 Å². The Balaban J connectivity index is 1.97. The maximum atomic E-state index is 11.2. The zero-order chi connectivity index (χ0) is 21.7. The predicted octanol–water partition coefficient (Wildman–Crippen LogP) is 4.12. The van der Waals surface area contributed by atoms with Crippen LogP contribution in [0.3, 0.4) is 0 Å². The lowest BCUT2D eigenvalue weighted by Gasteiger charge is -2.24. The molecule has 0 aliphatic heterocycles. The number of benzene rings is 2. The van der Waals surface area contributed by atoms with Crippen LogP contribution in [-0.4, -0.2) is 51.3 Å². The molecule has 3 rings (SSSR count). The molecule has 2 atom stereocenters. The molecule has 30 heavy (non-hydrogen) atoms. The van der Waals surface area contributed by atoms with Crippen LogP contribution in [0.4, 0.5) is 9.59 Å². The Labute approximate surface area is 173 Å². The van der Waals surface area contributed by atoms with Gasteiger partial charge in [0.2, 0.25) is 0 Å². The van der Waals surface area contributed by atoms with Gasteiger partial charge in [-0.3, -0.25) is 0 Å². The maximum Gasteiger partial charge on any atom is 0.506 e. The molecular weight excluding hydrogens is 418 g/mol. The normalized spacial score (nSPS) is 12.8. The van der Waals surface area contributed by atoms with Gasteiger partial charge in [-0.25, -0.2) is 19.4 Å². The second kappa shape index (κ2) is 9.18. The monoisotopic (exact) mass is 433 g/mol. The summed E-state index contributed by atoms with van der Waals surface area (Å²) in [6.45, 7) is -0.583. The highest BCUT2D eigenvalue weighted by molar-refractivity contribution is 7.99. The van der Waals surface area contributed by atoms with Gasteiger partial charge in [0.1, 0.15) is 12.1 Å². The van der Waals surface area contributed by atoms with Crippen molar-refractivity contribution in [1.29, 1.82) is 0 Å². The molecule has 156 valence electrons. The predicted molar refractivity (Wildman–Crippen MR) is 103 cm³/mol. The van der Waals surface area contributed by atoms with Gasteiger partial charge >= 0.3 is 18.3 Å². The van der Waals surface area contributed by atoms with Crippen molar-refractivity contribution in [3.63, 3.8) is 0 Å². The Morgan fingerprint density at radius 1 is 1.00 bits per heavy atom. The quantitative estimate of drug-likeness (QED) is 0.347. The third kappa shape index (κ3) is 5.20. The molecule has 10 nitrogen and oxygen atoms in total. The number of para-hydroxylation sites is 2. The van der Waals surface area contributed by atoms with Crippen molar-refractivity contribution in [2.75, 3.05) is 6.61 Å². The molecule has 1 aromatic heterocycles. The van der Waals surface area contributed by atoms with Crippen molar-refractivity contribution in [2.45, 2.75) is 16.6 Å². The number of fused-ring (bicyclic) bond motifs is 1. The number of rotatable bonds is 8. The van der Waals surface area contributed by atoms with Crippen molar-refractivity contribution in [3.05, 3.63) is 59.7 Å². The van der Waals surface area contributed by atoms with E-state index >= 15 is 0 Å². The van der Waals surface area contributed by atoms with Crippen molar-refractivity contribution >= 4 is 41.1 Å². The maximum absolute atomic E-state index is 11.2. The molecule has 3 aromatic rings. The first kappa shape index (κ1) is 21.0. The van der Waals surface area contributed by atoms with Gasteiger partial charge in [0, 0.05) is 0 Å². The molecular formula is C19H15NO9S. The molecule has 0 saturated heterocycles. The first-order valence-electron chi connectivity index (χ1n) is 8.44. The van der Waals surface area contributed by atoms with Gasteiger partial charge in [0.05, 0.1) is 10.8 Å². The van der Waals surface area contributed by atoms with Crippen molar-refractivity contribution in [1.82, 2.24) is 4.98 Å². The Kier molecular flexibility index (Phi) is 6.42. The molecule has 0 aliphatic rings. The average molecular weight is 433 g/mol. The van der Waals surface area contributed by atoms with E-state index in [1.807, 2.05) is 0 Å². The number of carboxylic acids is 1. The number of hydrogen-bond acceptors (Lipinski definition) is 8. The zero-order valence-electron chi connectivity index (χ0n) is 15.1. The van der Waals surface area contributed by atoms with Gasteiger partial charge in [-0.15, -0.1) is 0 Å². The Morgan fingerprint density at radius 2 is 1.70 bits per heavy atom. The first-order chi connectivity index (χ1) is 14.3. The highest BCUT2D eigenvalue weighted by Crippen LogP contribution is 2.40. The fourth-order valence-electron chi connectivity index (χ4n) is 2.65. The summed E-state index contributed by atoms with van der Waals surface area (Å²) in [5.74, 6) is -1.13. The van der Waals surface area contributed by atoms with Crippen LogP contribution in [0.2, 0.25) is 0 Å². The van der Waals surface area contributed by atoms with E-state index in [1.54, 1.807) is 24.3 Å². The summed E-state index contributed by atoms with van der Waals surface area (Å²) < 4.78 is 15.1. The van der Waals surface area contributed by atoms with Crippen LogP contribution in [-0.2, 0) is 9.47 Å². The van der Waals surface area contributed by atoms with Crippen LogP contribution in [0.25, 0.3) is 11.1 Å². The van der Waals surface area contributed by atoms with E-state index < -0.39 is 36.2 Å². The second-order valence-corrected chi connectivity index (χ2v) is 7.01. The number of aromatic carboxylic acids is 1. The summed E-state index contributed by atoms with van der Waals surface area (Å²) in [4.78, 5) is 37.4. The van der Waals surface area contributed by atoms with E-state index in [-0.39, 0.29) is 10.8 Å². The number of thioether (sulfide) groups is 1. The molecule has 2 unspecified atom stereocenters. The zero-order valence-corrected chi connectivity index (χ0v) is 15.9. The standard InChI is InChI=1S/C19H15NO9S/c21-16(22)11-7-5-10(6-8-11)15(14(29-19(25)26)9-27-18(23)24)30-17-20-12-3-1-2-4-13(12)28-17/h1-8,14-15H,9H2,(H,21,22)(H,23,24)(H,25,26). The second-order valence-electron chi connectivity index (χ2n) is 5.91. The molecule has 0 radical (unpaired) electrons. The van der Waals surface area contributed by atoms with Gasteiger partial charge in [-0.2, -0.15) is 0 Å². The smallest absolute Gasteiger partial charge is 0.478 e. The van der Waals surface area contributed by atoms with Crippen LogP contribution < -0.4 is 0 Å². The number of aromatic nitrogens is 1. The van der Waals surface area contributed by atoms with E-state index in [0.717, 1.165) is 11.8 Å². The molecule has 0 spiro atoms. The topological polar surface area (TPSA) is 156 Å². The van der Waals surface area contributed by atoms with Gasteiger partial charge < -0.3 is 29.2 Å². The number of nitrogens with zero attached hydrogens (tertiary/aromatic N) is 1. The molecule has 0 fully saturated rings. The van der Waals surface area contributed by atoms with Crippen LogP contribution in [0.15, 0.2) is 58.2 Å². The van der Waals surface area contributed by atoms with E-state index in [4.69, 9.17) is 24.5 Å². The highest BCUT2D eigenvalue weighted by Gasteiger charge is 2.31. The summed E-state index contributed by atoms with van der Waals surface area (Å²) in [6.07, 6.45) is -4.48. The largest absolute Gasteiger partial charge is 0.506 e. The summed E-state index contributed by atoms with van der Waals surface area (Å²) in [5, 5.41) is 26.3. The summed E-state index contributed by atoms with van der Waals surface area (Å²) >= 11 is 0.997. The SMILES string of the molecule is O=C(O)OCC(OC(=O)O)C(Sc1nc2ccccc2o1)c1ccc(C(=O)O)cc1. The van der Waals surface area contributed by atoms with Gasteiger partial charge in [0.25, 0.3) is 5.22 Å². The van der Waals surface area contributed by atoms with Crippen molar-refractivity contribution in [3.8, 4) is 0 Å².